The lowest BCUT2D eigenvalue weighted by Crippen LogP contribution is -2.60. The molecule has 2 bridgehead atoms. The number of fused-ring (bicyclic) bond motifs is 2. The highest BCUT2D eigenvalue weighted by atomic mass is 19.4. The van der Waals surface area contributed by atoms with Gasteiger partial charge in [0.05, 0.1) is 6.61 Å². The number of carbonyl (C=O) groups is 2. The Hall–Kier alpha value is -1.74. The number of hydrogen-bond donors (Lipinski definition) is 0. The fourth-order valence-electron chi connectivity index (χ4n) is 4.55. The first-order chi connectivity index (χ1) is 12.7. The molecule has 0 spiro atoms. The van der Waals surface area contributed by atoms with Crippen molar-refractivity contribution in [3.05, 3.63) is 12.2 Å². The van der Waals surface area contributed by atoms with E-state index in [0.717, 1.165) is 0 Å². The van der Waals surface area contributed by atoms with E-state index in [0.29, 0.717) is 19.8 Å². The molecule has 2 aliphatic carbocycles. The molecule has 4 atom stereocenters. The van der Waals surface area contributed by atoms with E-state index < -0.39 is 48.1 Å². The van der Waals surface area contributed by atoms with Crippen LogP contribution >= 0.6 is 0 Å². The highest BCUT2D eigenvalue weighted by Crippen LogP contribution is 2.58. The van der Waals surface area contributed by atoms with Gasteiger partial charge in [-0.2, -0.15) is 26.3 Å². The van der Waals surface area contributed by atoms with Crippen molar-refractivity contribution in [2.24, 2.45) is 23.7 Å². The van der Waals surface area contributed by atoms with Gasteiger partial charge in [-0.05, 0) is 49.9 Å². The molecular weight excluding hydrogens is 394 g/mol. The SMILES string of the molecule is C=C(C)C(=O)OCC1CC2CC(CC(OC(C)=O)(C(F)(F)F)C(F)(F)F)C1C2. The van der Waals surface area contributed by atoms with Gasteiger partial charge in [-0.1, -0.05) is 6.58 Å². The maximum atomic E-state index is 13.5. The third-order valence-electron chi connectivity index (χ3n) is 5.65. The number of hydrogen-bond acceptors (Lipinski definition) is 4. The van der Waals surface area contributed by atoms with Crippen LogP contribution in [0.5, 0.6) is 0 Å². The molecule has 0 saturated heterocycles. The Kier molecular flexibility index (Phi) is 6.11. The van der Waals surface area contributed by atoms with Gasteiger partial charge in [-0.25, -0.2) is 4.79 Å². The molecule has 10 heteroatoms. The fraction of sp³-hybridized carbons (Fsp3) is 0.778. The number of esters is 2. The van der Waals surface area contributed by atoms with Gasteiger partial charge in [-0.3, -0.25) is 4.79 Å². The van der Waals surface area contributed by atoms with Gasteiger partial charge in [0.25, 0.3) is 0 Å². The molecule has 4 unspecified atom stereocenters. The minimum Gasteiger partial charge on any atom is -0.462 e. The van der Waals surface area contributed by atoms with Crippen LogP contribution < -0.4 is 0 Å². The average Bonchev–Trinajstić information content (AvgIpc) is 3.08. The van der Waals surface area contributed by atoms with E-state index in [9.17, 15) is 35.9 Å². The Bertz CT molecular complexity index is 625. The summed E-state index contributed by atoms with van der Waals surface area (Å²) in [5.41, 5.74) is -4.39. The molecule has 2 rings (SSSR count). The topological polar surface area (TPSA) is 52.6 Å². The van der Waals surface area contributed by atoms with E-state index in [1.807, 2.05) is 0 Å². The number of halogens is 6. The zero-order valence-corrected chi connectivity index (χ0v) is 15.5. The largest absolute Gasteiger partial charge is 0.462 e. The summed E-state index contributed by atoms with van der Waals surface area (Å²) in [6.45, 7) is 5.30. The van der Waals surface area contributed by atoms with E-state index in [1.54, 1.807) is 0 Å². The van der Waals surface area contributed by atoms with Crippen molar-refractivity contribution >= 4 is 11.9 Å². The van der Waals surface area contributed by atoms with Gasteiger partial charge < -0.3 is 9.47 Å². The lowest BCUT2D eigenvalue weighted by molar-refractivity contribution is -0.374. The third-order valence-corrected chi connectivity index (χ3v) is 5.65. The predicted molar refractivity (Wildman–Crippen MR) is 84.8 cm³/mol. The van der Waals surface area contributed by atoms with Crippen LogP contribution in [0.4, 0.5) is 26.3 Å². The molecule has 2 fully saturated rings. The molecule has 0 aliphatic heterocycles. The van der Waals surface area contributed by atoms with Crippen LogP contribution in [0.15, 0.2) is 12.2 Å². The van der Waals surface area contributed by atoms with Gasteiger partial charge in [0.15, 0.2) is 0 Å². The first kappa shape index (κ1) is 22.5. The quantitative estimate of drug-likeness (QED) is 0.361. The molecule has 0 amide bonds. The van der Waals surface area contributed by atoms with Crippen LogP contribution in [-0.4, -0.2) is 36.5 Å². The summed E-state index contributed by atoms with van der Waals surface area (Å²) in [5.74, 6) is -4.09. The van der Waals surface area contributed by atoms with E-state index >= 15 is 0 Å². The second-order valence-electron chi connectivity index (χ2n) is 7.76. The number of carbonyl (C=O) groups excluding carboxylic acids is 2. The van der Waals surface area contributed by atoms with Crippen molar-refractivity contribution in [2.75, 3.05) is 6.61 Å². The van der Waals surface area contributed by atoms with E-state index in [4.69, 9.17) is 4.74 Å². The Labute approximate surface area is 158 Å². The van der Waals surface area contributed by atoms with Crippen LogP contribution in [0.2, 0.25) is 0 Å². The number of ether oxygens (including phenoxy) is 2. The van der Waals surface area contributed by atoms with Crippen LogP contribution in [0.25, 0.3) is 0 Å². The summed E-state index contributed by atoms with van der Waals surface area (Å²) in [5, 5.41) is 0. The van der Waals surface area contributed by atoms with Crippen molar-refractivity contribution in [2.45, 2.75) is 57.5 Å². The normalized spacial score (nSPS) is 27.6. The summed E-state index contributed by atoms with van der Waals surface area (Å²) < 4.78 is 89.9. The Morgan fingerprint density at radius 1 is 0.964 bits per heavy atom. The Morgan fingerprint density at radius 2 is 1.50 bits per heavy atom. The summed E-state index contributed by atoms with van der Waals surface area (Å²) in [4.78, 5) is 22.6. The highest BCUT2D eigenvalue weighted by Gasteiger charge is 2.75. The lowest BCUT2D eigenvalue weighted by Gasteiger charge is -2.40. The smallest absolute Gasteiger partial charge is 0.437 e. The summed E-state index contributed by atoms with van der Waals surface area (Å²) in [6, 6.07) is 0. The lowest BCUT2D eigenvalue weighted by atomic mass is 9.75. The van der Waals surface area contributed by atoms with Crippen molar-refractivity contribution in [3.8, 4) is 0 Å². The molecule has 0 aromatic rings. The molecule has 2 saturated carbocycles. The minimum atomic E-state index is -5.80. The maximum absolute atomic E-state index is 13.5. The van der Waals surface area contributed by atoms with Gasteiger partial charge in [-0.15, -0.1) is 0 Å². The number of alkyl halides is 6. The second kappa shape index (κ2) is 7.59. The van der Waals surface area contributed by atoms with Gasteiger partial charge >= 0.3 is 29.9 Å². The molecule has 0 aromatic heterocycles. The molecule has 0 aromatic carbocycles. The Morgan fingerprint density at radius 3 is 1.93 bits per heavy atom. The monoisotopic (exact) mass is 416 g/mol. The summed E-state index contributed by atoms with van der Waals surface area (Å²) in [6.07, 6.45) is -11.8. The summed E-state index contributed by atoms with van der Waals surface area (Å²) in [7, 11) is 0. The predicted octanol–water partition coefficient (Wildman–Crippen LogP) is 4.58. The summed E-state index contributed by atoms with van der Waals surface area (Å²) >= 11 is 0. The molecule has 28 heavy (non-hydrogen) atoms. The zero-order chi connectivity index (χ0) is 21.5. The van der Waals surface area contributed by atoms with Crippen molar-refractivity contribution in [1.29, 1.82) is 0 Å². The Balaban J connectivity index is 2.22. The van der Waals surface area contributed by atoms with Crippen molar-refractivity contribution < 1.29 is 45.4 Å². The van der Waals surface area contributed by atoms with E-state index in [-0.39, 0.29) is 30.4 Å². The molecule has 2 aliphatic rings. The van der Waals surface area contributed by atoms with Crippen molar-refractivity contribution in [3.63, 3.8) is 0 Å². The van der Waals surface area contributed by atoms with Crippen LogP contribution in [0.1, 0.15) is 39.5 Å². The molecular formula is C18H22F6O4. The maximum Gasteiger partial charge on any atom is 0.437 e. The molecule has 0 radical (unpaired) electrons. The molecule has 0 heterocycles. The number of rotatable bonds is 6. The third kappa shape index (κ3) is 4.30. The van der Waals surface area contributed by atoms with Crippen molar-refractivity contribution in [1.82, 2.24) is 0 Å². The second-order valence-corrected chi connectivity index (χ2v) is 7.76. The molecule has 4 nitrogen and oxygen atoms in total. The van der Waals surface area contributed by atoms with Crippen LogP contribution in [0, 0.1) is 23.7 Å². The average molecular weight is 416 g/mol. The minimum absolute atomic E-state index is 0.0416. The van der Waals surface area contributed by atoms with Gasteiger partial charge in [0, 0.05) is 18.9 Å². The standard InChI is InChI=1S/C18H22F6O4/c1-9(2)15(26)27-8-13-5-11-4-12(14(13)6-11)7-16(17(19,20)21,18(22,23)24)28-10(3)25/h11-14H,1,4-8H2,2-3H3. The van der Waals surface area contributed by atoms with Gasteiger partial charge in [0.2, 0.25) is 0 Å². The first-order valence-electron chi connectivity index (χ1n) is 8.83. The molecule has 160 valence electrons. The zero-order valence-electron chi connectivity index (χ0n) is 15.5. The van der Waals surface area contributed by atoms with Gasteiger partial charge in [0.1, 0.15) is 0 Å². The van der Waals surface area contributed by atoms with E-state index in [1.165, 1.54) is 6.92 Å². The first-order valence-corrected chi connectivity index (χ1v) is 8.83. The highest BCUT2D eigenvalue weighted by molar-refractivity contribution is 5.86. The van der Waals surface area contributed by atoms with E-state index in [2.05, 4.69) is 11.3 Å². The van der Waals surface area contributed by atoms with Crippen LogP contribution in [-0.2, 0) is 19.1 Å². The van der Waals surface area contributed by atoms with Crippen LogP contribution in [0.3, 0.4) is 0 Å². The molecule has 0 N–H and O–H groups in total. The fourth-order valence-corrected chi connectivity index (χ4v) is 4.55.